The van der Waals surface area contributed by atoms with Gasteiger partial charge in [0.15, 0.2) is 12.6 Å². The zero-order valence-corrected chi connectivity index (χ0v) is 39.4. The highest BCUT2D eigenvalue weighted by Gasteiger charge is 2.49. The number of rotatable bonds is 19. The number of ether oxygens (including phenoxy) is 10. The molecule has 2 fully saturated rings. The van der Waals surface area contributed by atoms with Gasteiger partial charge in [0.25, 0.3) is 0 Å². The van der Waals surface area contributed by atoms with Crippen molar-refractivity contribution >= 4 is 23.9 Å². The largest absolute Gasteiger partial charge is 0.508 e. The summed E-state index contributed by atoms with van der Waals surface area (Å²) in [6, 6.07) is 12.6. The Morgan fingerprint density at radius 2 is 1.03 bits per heavy atom. The number of aliphatic hydroxyl groups is 8. The summed E-state index contributed by atoms with van der Waals surface area (Å²) < 4.78 is 55.6. The highest BCUT2D eigenvalue weighted by molar-refractivity contribution is 5.91. The minimum atomic E-state index is -1.78. The van der Waals surface area contributed by atoms with E-state index in [0.717, 1.165) is 25.2 Å². The summed E-state index contributed by atoms with van der Waals surface area (Å²) in [5, 5.41) is 91.0. The van der Waals surface area contributed by atoms with E-state index in [-0.39, 0.29) is 53.4 Å². The summed E-state index contributed by atoms with van der Waals surface area (Å²) in [6.45, 7) is 1.55. The highest BCUT2D eigenvalue weighted by Crippen LogP contribution is 2.38. The Morgan fingerprint density at radius 1 is 0.583 bits per heavy atom. The molecule has 0 aliphatic carbocycles. The van der Waals surface area contributed by atoms with E-state index in [1.165, 1.54) is 36.4 Å². The second-order valence-corrected chi connectivity index (χ2v) is 17.0. The second kappa shape index (κ2) is 25.7. The summed E-state index contributed by atoms with van der Waals surface area (Å²) >= 11 is 0. The van der Waals surface area contributed by atoms with Gasteiger partial charge in [0.2, 0.25) is 12.6 Å². The maximum absolute atomic E-state index is 13.7. The summed E-state index contributed by atoms with van der Waals surface area (Å²) in [7, 11) is 1.14. The van der Waals surface area contributed by atoms with Crippen LogP contribution in [0.2, 0.25) is 0 Å². The number of esters is 4. The van der Waals surface area contributed by atoms with Gasteiger partial charge in [0, 0.05) is 35.8 Å². The summed E-state index contributed by atoms with van der Waals surface area (Å²) in [6.07, 6.45) is -14.1. The van der Waals surface area contributed by atoms with Crippen molar-refractivity contribution in [1.82, 2.24) is 0 Å². The maximum atomic E-state index is 13.7. The van der Waals surface area contributed by atoms with Gasteiger partial charge in [-0.05, 0) is 49.2 Å². The van der Waals surface area contributed by atoms with Gasteiger partial charge in [0.05, 0.1) is 70.0 Å². The van der Waals surface area contributed by atoms with Crippen LogP contribution < -0.4 is 4.74 Å². The average Bonchev–Trinajstić information content (AvgIpc) is 3.37. The molecule has 4 aliphatic rings. The van der Waals surface area contributed by atoms with E-state index in [0.29, 0.717) is 12.0 Å². The van der Waals surface area contributed by atoms with Crippen LogP contribution in [0, 0.1) is 11.8 Å². The molecule has 0 bridgehead atoms. The van der Waals surface area contributed by atoms with Crippen LogP contribution in [-0.4, -0.2) is 177 Å². The molecular weight excluding hydrogens is 957 g/mol. The van der Waals surface area contributed by atoms with Gasteiger partial charge in [0.1, 0.15) is 60.3 Å². The van der Waals surface area contributed by atoms with E-state index in [1.54, 1.807) is 38.1 Å². The normalized spacial score (nSPS) is 31.6. The van der Waals surface area contributed by atoms with Gasteiger partial charge in [-0.3, -0.25) is 9.59 Å². The van der Waals surface area contributed by atoms with Crippen molar-refractivity contribution in [3.05, 3.63) is 107 Å². The number of allylic oxidation sites excluding steroid dienone is 2. The zero-order valence-electron chi connectivity index (χ0n) is 39.4. The average molecular weight is 1020 g/mol. The molecule has 0 radical (unpaired) electrons. The number of phenolic OH excluding ortho intramolecular Hbond substituents is 1. The number of hydrogen-bond donors (Lipinski definition) is 9. The minimum absolute atomic E-state index is 0.0297. The number of benzene rings is 2. The number of carbonyl (C=O) groups is 4. The fourth-order valence-corrected chi connectivity index (χ4v) is 8.31. The summed E-state index contributed by atoms with van der Waals surface area (Å²) in [5.74, 6) is -5.05. The lowest BCUT2D eigenvalue weighted by Gasteiger charge is -2.42. The van der Waals surface area contributed by atoms with Crippen LogP contribution in [-0.2, 0) is 74.7 Å². The van der Waals surface area contributed by atoms with Gasteiger partial charge < -0.3 is 93.3 Å². The maximum Gasteiger partial charge on any atom is 0.337 e. The van der Waals surface area contributed by atoms with Crippen LogP contribution in [0.4, 0.5) is 0 Å². The Bertz CT molecular complexity index is 2290. The Labute approximate surface area is 412 Å². The second-order valence-electron chi connectivity index (χ2n) is 17.0. The SMILES string of the molecule is C/C=C1/[C@H](O[C@H]2O[C@@H](CO)[C@H](O)[C@@H](O)[C@@H]2O)OC=C(C(=O)OC)[C@@H]1CC(=O)Oc1ccc(CCOC(=O)C2=CO[C@@H](O[C@@H]3O[C@H](CO)[C@@H](O)[C@H](O)[C@H]3O)/C(=C/C)[C@H]2CC(=O)OCCc2ccc(O)cc2)cc1. The van der Waals surface area contributed by atoms with Crippen LogP contribution in [0.3, 0.4) is 0 Å². The first-order valence-corrected chi connectivity index (χ1v) is 23.0. The first kappa shape index (κ1) is 55.5. The molecule has 2 aromatic rings. The molecule has 23 heteroatoms. The van der Waals surface area contributed by atoms with Crippen molar-refractivity contribution < 1.29 is 113 Å². The van der Waals surface area contributed by atoms with Crippen molar-refractivity contribution in [2.75, 3.05) is 33.5 Å². The number of phenols is 1. The first-order valence-electron chi connectivity index (χ1n) is 23.0. The summed E-state index contributed by atoms with van der Waals surface area (Å²) in [5.41, 5.74) is 1.74. The topological polar surface area (TPSA) is 343 Å². The zero-order chi connectivity index (χ0) is 52.2. The molecule has 6 rings (SSSR count). The van der Waals surface area contributed by atoms with E-state index in [2.05, 4.69) is 0 Å². The van der Waals surface area contributed by atoms with Crippen molar-refractivity contribution in [2.24, 2.45) is 11.8 Å². The van der Waals surface area contributed by atoms with E-state index in [9.17, 15) is 65.1 Å². The minimum Gasteiger partial charge on any atom is -0.508 e. The molecule has 4 aliphatic heterocycles. The fourth-order valence-electron chi connectivity index (χ4n) is 8.31. The molecule has 9 N–H and O–H groups in total. The van der Waals surface area contributed by atoms with Gasteiger partial charge in [-0.15, -0.1) is 0 Å². The number of aliphatic hydroxyl groups excluding tert-OH is 8. The van der Waals surface area contributed by atoms with Crippen LogP contribution >= 0.6 is 0 Å². The molecule has 2 saturated heterocycles. The van der Waals surface area contributed by atoms with Crippen LogP contribution in [0.15, 0.2) is 95.5 Å². The molecule has 4 heterocycles. The van der Waals surface area contributed by atoms with Crippen LogP contribution in [0.25, 0.3) is 0 Å². The molecule has 0 amide bonds. The molecule has 0 spiro atoms. The van der Waals surface area contributed by atoms with Crippen molar-refractivity contribution in [2.45, 2.75) is 114 Å². The van der Waals surface area contributed by atoms with Crippen molar-refractivity contribution in [1.29, 1.82) is 0 Å². The Balaban J connectivity index is 1.07. The lowest BCUT2D eigenvalue weighted by Crippen LogP contribution is -2.60. The van der Waals surface area contributed by atoms with E-state index in [4.69, 9.17) is 47.4 Å². The monoisotopic (exact) mass is 1020 g/mol. The standard InChI is InChI=1S/C49H60O23/c1-4-28-30(18-36(53)64-16-14-24-6-10-26(52)11-7-24)33(23-67-46(28)71-48-42(59)40(57)38(55)34(20-50)69-48)45(62)65-17-15-25-8-12-27(13-9-25)68-37(54)19-31-29(5-2)47(66-22-32(31)44(61)63-3)72-49-43(60)41(58)39(56)35(21-51)70-49/h4-13,22-23,30-31,34-35,38-43,46-52,55-60H,14-21H2,1-3H3/b28-4+,29-5+/t30-,31-,34-,35+,38-,39+,40+,41-,42-,43+,46+,47+,48+,49-/m1/s1. The molecule has 23 nitrogen and oxygen atoms in total. The van der Waals surface area contributed by atoms with Gasteiger partial charge in [-0.25, -0.2) is 9.59 Å². The quantitative estimate of drug-likeness (QED) is 0.0366. The third-order valence-electron chi connectivity index (χ3n) is 12.4. The smallest absolute Gasteiger partial charge is 0.337 e. The molecule has 0 unspecified atom stereocenters. The summed E-state index contributed by atoms with van der Waals surface area (Å²) in [4.78, 5) is 53.2. The lowest BCUT2D eigenvalue weighted by molar-refractivity contribution is -0.327. The third kappa shape index (κ3) is 13.4. The number of methoxy groups -OCH3 is 1. The fraction of sp³-hybridized carbons (Fsp3) is 0.510. The van der Waals surface area contributed by atoms with E-state index < -0.39 is 136 Å². The van der Waals surface area contributed by atoms with Gasteiger partial charge >= 0.3 is 23.9 Å². The van der Waals surface area contributed by atoms with E-state index >= 15 is 0 Å². The molecule has 14 atom stereocenters. The van der Waals surface area contributed by atoms with Gasteiger partial charge in [-0.2, -0.15) is 0 Å². The number of hydrogen-bond acceptors (Lipinski definition) is 23. The highest BCUT2D eigenvalue weighted by atomic mass is 16.8. The van der Waals surface area contributed by atoms with Crippen molar-refractivity contribution in [3.8, 4) is 11.5 Å². The van der Waals surface area contributed by atoms with Gasteiger partial charge in [-0.1, -0.05) is 36.4 Å². The Hall–Kier alpha value is -5.80. The lowest BCUT2D eigenvalue weighted by atomic mass is 9.86. The third-order valence-corrected chi connectivity index (χ3v) is 12.4. The molecular formula is C49H60O23. The van der Waals surface area contributed by atoms with Crippen LogP contribution in [0.5, 0.6) is 11.5 Å². The molecule has 0 aromatic heterocycles. The van der Waals surface area contributed by atoms with Crippen LogP contribution in [0.1, 0.15) is 37.8 Å². The Kier molecular flexibility index (Phi) is 19.8. The molecule has 72 heavy (non-hydrogen) atoms. The van der Waals surface area contributed by atoms with Crippen molar-refractivity contribution in [3.63, 3.8) is 0 Å². The first-order chi connectivity index (χ1) is 34.5. The Morgan fingerprint density at radius 3 is 1.49 bits per heavy atom. The predicted molar refractivity (Wildman–Crippen MR) is 241 cm³/mol. The predicted octanol–water partition coefficient (Wildman–Crippen LogP) is -0.639. The number of carbonyl (C=O) groups excluding carboxylic acids is 4. The molecule has 0 saturated carbocycles. The van der Waals surface area contributed by atoms with E-state index in [1.807, 2.05) is 0 Å². The molecule has 2 aromatic carbocycles. The molecule has 394 valence electrons. The number of aromatic hydroxyl groups is 1.